The highest BCUT2D eigenvalue weighted by Gasteiger charge is 2.14. The molecule has 0 saturated heterocycles. The van der Waals surface area contributed by atoms with Crippen LogP contribution in [0.1, 0.15) is 100 Å². The van der Waals surface area contributed by atoms with Gasteiger partial charge in [0.05, 0.1) is 18.2 Å². The number of rotatable bonds is 5. The highest BCUT2D eigenvalue weighted by Crippen LogP contribution is 2.17. The molecule has 0 unspecified atom stereocenters. The normalized spacial score (nSPS) is 18.0. The highest BCUT2D eigenvalue weighted by molar-refractivity contribution is 6.01. The lowest BCUT2D eigenvalue weighted by Crippen LogP contribution is -2.36. The summed E-state index contributed by atoms with van der Waals surface area (Å²) in [5.41, 5.74) is 3.53. The van der Waals surface area contributed by atoms with Gasteiger partial charge in [-0.2, -0.15) is 5.10 Å². The van der Waals surface area contributed by atoms with E-state index >= 15 is 0 Å². The van der Waals surface area contributed by atoms with Crippen LogP contribution in [0.4, 0.5) is 0 Å². The number of carbonyl (C=O) groups excluding carboxylic acids is 2. The third-order valence-corrected chi connectivity index (χ3v) is 5.34. The fourth-order valence-electron chi connectivity index (χ4n) is 3.69. The summed E-state index contributed by atoms with van der Waals surface area (Å²) in [5.74, 6) is 0.197. The Morgan fingerprint density at radius 1 is 1.04 bits per heavy atom. The molecule has 1 aliphatic rings. The Labute approximate surface area is 168 Å². The molecule has 0 atom stereocenters. The van der Waals surface area contributed by atoms with Gasteiger partial charge in [-0.3, -0.25) is 9.59 Å². The van der Waals surface area contributed by atoms with Gasteiger partial charge < -0.3 is 9.73 Å². The zero-order chi connectivity index (χ0) is 20.2. The maximum Gasteiger partial charge on any atom is 0.274 e. The Morgan fingerprint density at radius 3 is 2.14 bits per heavy atom. The van der Waals surface area contributed by atoms with Crippen molar-refractivity contribution in [3.8, 4) is 0 Å². The van der Waals surface area contributed by atoms with Gasteiger partial charge in [0.25, 0.3) is 5.91 Å². The lowest BCUT2D eigenvalue weighted by molar-refractivity contribution is -0.120. The molecule has 1 aromatic heterocycles. The van der Waals surface area contributed by atoms with Crippen LogP contribution in [-0.2, 0) is 4.79 Å². The zero-order valence-corrected chi connectivity index (χ0v) is 17.4. The smallest absolute Gasteiger partial charge is 0.274 e. The van der Waals surface area contributed by atoms with Crippen molar-refractivity contribution in [1.82, 2.24) is 10.7 Å². The number of nitrogens with zero attached hydrogens (tertiary/aromatic N) is 1. The summed E-state index contributed by atoms with van der Waals surface area (Å²) in [6.07, 6.45) is 15.3. The number of aryl methyl sites for hydroxylation is 1. The molecule has 6 heteroatoms. The molecule has 0 spiro atoms. The van der Waals surface area contributed by atoms with Gasteiger partial charge in [0.2, 0.25) is 5.91 Å². The van der Waals surface area contributed by atoms with E-state index in [0.29, 0.717) is 17.0 Å². The predicted molar refractivity (Wildman–Crippen MR) is 111 cm³/mol. The second-order valence-corrected chi connectivity index (χ2v) is 7.88. The molecule has 0 aromatic carbocycles. The summed E-state index contributed by atoms with van der Waals surface area (Å²) < 4.78 is 5.12. The summed E-state index contributed by atoms with van der Waals surface area (Å²) in [4.78, 5) is 24.4. The van der Waals surface area contributed by atoms with Crippen LogP contribution in [0.25, 0.3) is 0 Å². The molecular formula is C22H35N3O3. The minimum absolute atomic E-state index is 0.0212. The first-order valence-electron chi connectivity index (χ1n) is 10.7. The molecule has 1 aromatic rings. The van der Waals surface area contributed by atoms with E-state index in [9.17, 15) is 9.59 Å². The maximum absolute atomic E-state index is 12.4. The fourth-order valence-corrected chi connectivity index (χ4v) is 3.69. The van der Waals surface area contributed by atoms with Crippen LogP contribution < -0.4 is 10.7 Å². The molecule has 0 aliphatic heterocycles. The number of amides is 2. The minimum Gasteiger partial charge on any atom is -0.469 e. The molecule has 0 bridgehead atoms. The van der Waals surface area contributed by atoms with Crippen LogP contribution in [0.15, 0.2) is 21.8 Å². The zero-order valence-electron chi connectivity index (χ0n) is 17.4. The highest BCUT2D eigenvalue weighted by atomic mass is 16.3. The number of hydrazone groups is 1. The summed E-state index contributed by atoms with van der Waals surface area (Å²) in [5, 5.41) is 7.23. The van der Waals surface area contributed by atoms with Crippen molar-refractivity contribution < 1.29 is 14.0 Å². The number of hydrogen-bond acceptors (Lipinski definition) is 4. The molecular weight excluding hydrogens is 354 g/mol. The minimum atomic E-state index is -0.328. The van der Waals surface area contributed by atoms with Crippen LogP contribution in [0.2, 0.25) is 0 Å². The molecule has 1 fully saturated rings. The van der Waals surface area contributed by atoms with E-state index < -0.39 is 0 Å². The Bertz CT molecular complexity index is 639. The first-order valence-corrected chi connectivity index (χ1v) is 10.7. The van der Waals surface area contributed by atoms with Crippen molar-refractivity contribution in [3.63, 3.8) is 0 Å². The molecule has 2 amide bonds. The average Bonchev–Trinajstić information content (AvgIpc) is 3.08. The van der Waals surface area contributed by atoms with Crippen LogP contribution >= 0.6 is 0 Å². The molecule has 1 saturated carbocycles. The molecule has 1 aliphatic carbocycles. The van der Waals surface area contributed by atoms with Crippen molar-refractivity contribution >= 4 is 17.5 Å². The second-order valence-electron chi connectivity index (χ2n) is 7.88. The van der Waals surface area contributed by atoms with Gasteiger partial charge >= 0.3 is 0 Å². The van der Waals surface area contributed by atoms with Gasteiger partial charge in [0.15, 0.2) is 0 Å². The lowest BCUT2D eigenvalue weighted by Gasteiger charge is -2.19. The predicted octanol–water partition coefficient (Wildman–Crippen LogP) is 4.87. The fraction of sp³-hybridized carbons (Fsp3) is 0.682. The van der Waals surface area contributed by atoms with Crippen LogP contribution in [0.3, 0.4) is 0 Å². The average molecular weight is 390 g/mol. The van der Waals surface area contributed by atoms with E-state index in [-0.39, 0.29) is 24.3 Å². The summed E-state index contributed by atoms with van der Waals surface area (Å²) in [6.45, 7) is 3.48. The number of furan rings is 1. The molecule has 2 N–H and O–H groups in total. The van der Waals surface area contributed by atoms with Crippen molar-refractivity contribution in [2.24, 2.45) is 5.10 Å². The van der Waals surface area contributed by atoms with Crippen molar-refractivity contribution in [3.05, 3.63) is 23.7 Å². The molecule has 28 heavy (non-hydrogen) atoms. The van der Waals surface area contributed by atoms with E-state index in [1.165, 1.54) is 64.1 Å². The maximum atomic E-state index is 12.4. The van der Waals surface area contributed by atoms with Gasteiger partial charge in [-0.15, -0.1) is 0 Å². The Hall–Kier alpha value is -2.11. The van der Waals surface area contributed by atoms with E-state index in [1.807, 2.05) is 0 Å². The second kappa shape index (κ2) is 12.4. The standard InChI is InChI=1S/C22H35N3O3/c1-17(24-25-22(27)20-14-15-28-18(20)2)16-21(26)23-19-12-10-8-6-4-3-5-7-9-11-13-19/h14-15,19H,3-13,16H2,1-2H3,(H,23,26)(H,25,27)/b24-17+. The number of hydrogen-bond donors (Lipinski definition) is 2. The molecule has 6 nitrogen and oxygen atoms in total. The Morgan fingerprint density at radius 2 is 1.61 bits per heavy atom. The van der Waals surface area contributed by atoms with Crippen LogP contribution in [-0.4, -0.2) is 23.6 Å². The third kappa shape index (κ3) is 8.28. The summed E-state index contributed by atoms with van der Waals surface area (Å²) in [7, 11) is 0. The Kier molecular flexibility index (Phi) is 9.80. The molecule has 0 radical (unpaired) electrons. The SMILES string of the molecule is C/C(CC(=O)NC1CCCCCCCCCCC1)=N\NC(=O)c1ccoc1C. The van der Waals surface area contributed by atoms with Gasteiger partial charge in [0, 0.05) is 11.8 Å². The molecule has 1 heterocycles. The van der Waals surface area contributed by atoms with Gasteiger partial charge in [-0.05, 0) is 32.8 Å². The first-order chi connectivity index (χ1) is 13.6. The topological polar surface area (TPSA) is 83.7 Å². The first kappa shape index (κ1) is 22.2. The molecule has 2 rings (SSSR count). The van der Waals surface area contributed by atoms with Gasteiger partial charge in [-0.25, -0.2) is 5.43 Å². The number of nitrogens with one attached hydrogen (secondary N) is 2. The van der Waals surface area contributed by atoms with Crippen molar-refractivity contribution in [2.45, 2.75) is 96.9 Å². The van der Waals surface area contributed by atoms with Crippen molar-refractivity contribution in [2.75, 3.05) is 0 Å². The Balaban J connectivity index is 1.77. The van der Waals surface area contributed by atoms with Crippen molar-refractivity contribution in [1.29, 1.82) is 0 Å². The van der Waals surface area contributed by atoms with Gasteiger partial charge in [0.1, 0.15) is 5.76 Å². The van der Waals surface area contributed by atoms with Gasteiger partial charge in [-0.1, -0.05) is 57.8 Å². The van der Waals surface area contributed by atoms with E-state index in [0.717, 1.165) is 12.8 Å². The largest absolute Gasteiger partial charge is 0.469 e. The summed E-state index contributed by atoms with van der Waals surface area (Å²) >= 11 is 0. The molecule has 156 valence electrons. The quantitative estimate of drug-likeness (QED) is 0.556. The van der Waals surface area contributed by atoms with E-state index in [2.05, 4.69) is 15.8 Å². The van der Waals surface area contributed by atoms with Crippen LogP contribution in [0.5, 0.6) is 0 Å². The van der Waals surface area contributed by atoms with Crippen LogP contribution in [0, 0.1) is 6.92 Å². The van der Waals surface area contributed by atoms with E-state index in [4.69, 9.17) is 4.42 Å². The van der Waals surface area contributed by atoms with E-state index in [1.54, 1.807) is 19.9 Å². The number of carbonyl (C=O) groups is 2. The summed E-state index contributed by atoms with van der Waals surface area (Å²) in [6, 6.07) is 1.86. The third-order valence-electron chi connectivity index (χ3n) is 5.34. The monoisotopic (exact) mass is 389 g/mol. The lowest BCUT2D eigenvalue weighted by atomic mass is 9.98.